The molecule has 0 bridgehead atoms. The monoisotopic (exact) mass is 349 g/mol. The van der Waals surface area contributed by atoms with Crippen LogP contribution in [0.15, 0.2) is 54.7 Å². The normalized spacial score (nSPS) is 12.6. The summed E-state index contributed by atoms with van der Waals surface area (Å²) >= 11 is 4.76. The first-order valence-electron chi connectivity index (χ1n) is 8.28. The van der Waals surface area contributed by atoms with E-state index in [4.69, 9.17) is 17.6 Å². The molecule has 3 heterocycles. The summed E-state index contributed by atoms with van der Waals surface area (Å²) in [6, 6.07) is 16.2. The van der Waals surface area contributed by atoms with Gasteiger partial charge in [-0.05, 0) is 18.6 Å². The first-order valence-corrected chi connectivity index (χ1v) is 8.80. The first kappa shape index (κ1) is 15.9. The van der Waals surface area contributed by atoms with Gasteiger partial charge in [0, 0.05) is 24.5 Å². The Labute approximate surface area is 151 Å². The number of hydrogen-bond donors (Lipinski definition) is 1. The summed E-state index contributed by atoms with van der Waals surface area (Å²) in [5.74, 6) is 1.49. The molecule has 1 aromatic carbocycles. The van der Waals surface area contributed by atoms with Gasteiger partial charge in [0.05, 0.1) is 5.69 Å². The molecule has 4 aromatic rings. The van der Waals surface area contributed by atoms with E-state index >= 15 is 0 Å². The Morgan fingerprint density at radius 2 is 1.84 bits per heavy atom. The van der Waals surface area contributed by atoms with Crippen LogP contribution in [0.4, 0.5) is 0 Å². The van der Waals surface area contributed by atoms with Crippen LogP contribution in [0, 0.1) is 0 Å². The van der Waals surface area contributed by atoms with Crippen LogP contribution in [0.3, 0.4) is 0 Å². The van der Waals surface area contributed by atoms with Crippen molar-refractivity contribution in [2.75, 3.05) is 0 Å². The van der Waals surface area contributed by atoms with Crippen LogP contribution in [0.2, 0.25) is 0 Å². The second-order valence-electron chi connectivity index (χ2n) is 5.97. The van der Waals surface area contributed by atoms with Gasteiger partial charge in [-0.2, -0.15) is 12.6 Å². The Balaban J connectivity index is 1.74. The van der Waals surface area contributed by atoms with Crippen molar-refractivity contribution in [2.45, 2.75) is 18.6 Å². The molecule has 4 rings (SSSR count). The fourth-order valence-electron chi connectivity index (χ4n) is 2.96. The predicted octanol–water partition coefficient (Wildman–Crippen LogP) is 3.71. The average Bonchev–Trinajstić information content (AvgIpc) is 3.25. The Morgan fingerprint density at radius 3 is 2.60 bits per heavy atom. The molecule has 0 radical (unpaired) electrons. The van der Waals surface area contributed by atoms with E-state index in [0.717, 1.165) is 34.8 Å². The molecule has 0 aliphatic carbocycles. The van der Waals surface area contributed by atoms with E-state index in [0.29, 0.717) is 5.82 Å². The van der Waals surface area contributed by atoms with Crippen LogP contribution in [0.5, 0.6) is 0 Å². The lowest BCUT2D eigenvalue weighted by Crippen LogP contribution is -2.04. The molecule has 3 aromatic heterocycles. The van der Waals surface area contributed by atoms with Crippen LogP contribution in [-0.2, 0) is 13.5 Å². The van der Waals surface area contributed by atoms with Crippen LogP contribution >= 0.6 is 12.6 Å². The van der Waals surface area contributed by atoms with Gasteiger partial charge in [-0.25, -0.2) is 14.5 Å². The minimum absolute atomic E-state index is 0.285. The summed E-state index contributed by atoms with van der Waals surface area (Å²) in [7, 11) is 1.98. The number of aromatic nitrogens is 5. The van der Waals surface area contributed by atoms with Crippen molar-refractivity contribution in [3.63, 3.8) is 0 Å². The molecule has 0 aliphatic rings. The van der Waals surface area contributed by atoms with Crippen molar-refractivity contribution in [3.8, 4) is 11.3 Å². The second-order valence-corrected chi connectivity index (χ2v) is 6.49. The Hall–Kier alpha value is -2.60. The smallest absolute Gasteiger partial charge is 0.172 e. The fourth-order valence-corrected chi connectivity index (χ4v) is 3.31. The van der Waals surface area contributed by atoms with Gasteiger partial charge < -0.3 is 4.57 Å². The lowest BCUT2D eigenvalue weighted by atomic mass is 10.2. The number of hydrogen-bond acceptors (Lipinski definition) is 4. The van der Waals surface area contributed by atoms with E-state index in [9.17, 15) is 0 Å². The highest BCUT2D eigenvalue weighted by molar-refractivity contribution is 7.80. The number of fused-ring (bicyclic) bond motifs is 1. The molecule has 1 unspecified atom stereocenters. The number of aryl methyl sites for hydroxylation is 2. The maximum atomic E-state index is 4.77. The molecule has 0 aliphatic heterocycles. The lowest BCUT2D eigenvalue weighted by Gasteiger charge is -2.06. The number of nitrogens with zero attached hydrogens (tertiary/aromatic N) is 5. The molecular formula is C19H19N5S. The molecule has 0 N–H and O–H groups in total. The molecular weight excluding hydrogens is 330 g/mol. The number of benzene rings is 1. The van der Waals surface area contributed by atoms with Gasteiger partial charge in [0.2, 0.25) is 0 Å². The predicted molar refractivity (Wildman–Crippen MR) is 102 cm³/mol. The van der Waals surface area contributed by atoms with Crippen LogP contribution in [0.1, 0.15) is 29.5 Å². The van der Waals surface area contributed by atoms with Crippen molar-refractivity contribution >= 4 is 18.3 Å². The SMILES string of the molecule is CCc1cccc2nc(C(S)c3nc(-c4ccccc4)cn3C)nn12. The molecule has 126 valence electrons. The maximum Gasteiger partial charge on any atom is 0.172 e. The minimum Gasteiger partial charge on any atom is -0.336 e. The Bertz CT molecular complexity index is 1020. The Kier molecular flexibility index (Phi) is 4.05. The fraction of sp³-hybridized carbons (Fsp3) is 0.211. The van der Waals surface area contributed by atoms with Crippen molar-refractivity contribution in [1.82, 2.24) is 24.1 Å². The van der Waals surface area contributed by atoms with Crippen molar-refractivity contribution in [3.05, 3.63) is 72.1 Å². The molecule has 0 fully saturated rings. The van der Waals surface area contributed by atoms with Gasteiger partial charge in [0.15, 0.2) is 11.5 Å². The highest BCUT2D eigenvalue weighted by Crippen LogP contribution is 2.28. The summed E-state index contributed by atoms with van der Waals surface area (Å²) in [4.78, 5) is 9.41. The van der Waals surface area contributed by atoms with Gasteiger partial charge in [-0.15, -0.1) is 5.10 Å². The van der Waals surface area contributed by atoms with Crippen molar-refractivity contribution < 1.29 is 0 Å². The molecule has 0 spiro atoms. The largest absolute Gasteiger partial charge is 0.336 e. The quantitative estimate of drug-likeness (QED) is 0.571. The molecule has 0 saturated carbocycles. The van der Waals surface area contributed by atoms with Crippen LogP contribution < -0.4 is 0 Å². The highest BCUT2D eigenvalue weighted by Gasteiger charge is 2.21. The highest BCUT2D eigenvalue weighted by atomic mass is 32.1. The zero-order valence-electron chi connectivity index (χ0n) is 14.2. The topological polar surface area (TPSA) is 48.0 Å². The summed E-state index contributed by atoms with van der Waals surface area (Å²) < 4.78 is 3.88. The zero-order chi connectivity index (χ0) is 17.4. The summed E-state index contributed by atoms with van der Waals surface area (Å²) in [6.45, 7) is 2.11. The standard InChI is InChI=1S/C19H19N5S/c1-3-14-10-7-11-16-21-18(22-24(14)16)17(25)19-20-15(12-23(19)2)13-8-5-4-6-9-13/h4-12,17,25H,3H2,1-2H3. The average molecular weight is 349 g/mol. The third-order valence-corrected chi connectivity index (χ3v) is 4.75. The van der Waals surface area contributed by atoms with E-state index < -0.39 is 0 Å². The van der Waals surface area contributed by atoms with E-state index in [1.54, 1.807) is 0 Å². The molecule has 6 heteroatoms. The molecule has 0 amide bonds. The summed E-state index contributed by atoms with van der Waals surface area (Å²) in [5.41, 5.74) is 3.98. The van der Waals surface area contributed by atoms with Gasteiger partial charge in [0.1, 0.15) is 11.1 Å². The molecule has 25 heavy (non-hydrogen) atoms. The second kappa shape index (κ2) is 6.37. The first-order chi connectivity index (χ1) is 12.2. The van der Waals surface area contributed by atoms with E-state index in [2.05, 4.69) is 35.2 Å². The van der Waals surface area contributed by atoms with Gasteiger partial charge in [-0.1, -0.05) is 43.3 Å². The van der Waals surface area contributed by atoms with Gasteiger partial charge in [0.25, 0.3) is 0 Å². The summed E-state index contributed by atoms with van der Waals surface area (Å²) in [6.07, 6.45) is 2.92. The summed E-state index contributed by atoms with van der Waals surface area (Å²) in [5, 5.41) is 4.37. The zero-order valence-corrected chi connectivity index (χ0v) is 15.1. The van der Waals surface area contributed by atoms with Crippen molar-refractivity contribution in [2.24, 2.45) is 7.05 Å². The van der Waals surface area contributed by atoms with Gasteiger partial charge in [-0.3, -0.25) is 0 Å². The number of thiol groups is 1. The van der Waals surface area contributed by atoms with Crippen LogP contribution in [0.25, 0.3) is 16.9 Å². The Morgan fingerprint density at radius 1 is 1.04 bits per heavy atom. The van der Waals surface area contributed by atoms with E-state index in [-0.39, 0.29) is 5.25 Å². The third kappa shape index (κ3) is 2.82. The molecule has 1 atom stereocenters. The lowest BCUT2D eigenvalue weighted by molar-refractivity contribution is 0.773. The third-order valence-electron chi connectivity index (χ3n) is 4.29. The number of pyridine rings is 1. The van der Waals surface area contributed by atoms with Crippen LogP contribution in [-0.4, -0.2) is 24.1 Å². The number of rotatable bonds is 4. The number of imidazole rings is 1. The van der Waals surface area contributed by atoms with Gasteiger partial charge >= 0.3 is 0 Å². The molecule has 5 nitrogen and oxygen atoms in total. The maximum absolute atomic E-state index is 4.77. The van der Waals surface area contributed by atoms with E-state index in [1.807, 2.05) is 52.7 Å². The van der Waals surface area contributed by atoms with E-state index in [1.165, 1.54) is 0 Å². The minimum atomic E-state index is -0.285. The van der Waals surface area contributed by atoms with Crippen molar-refractivity contribution in [1.29, 1.82) is 0 Å². The molecule has 0 saturated heterocycles.